The molecule has 3 rings (SSSR count). The van der Waals surface area contributed by atoms with Crippen LogP contribution in [0.1, 0.15) is 32.0 Å². The summed E-state index contributed by atoms with van der Waals surface area (Å²) in [6.45, 7) is 6.88. The van der Waals surface area contributed by atoms with E-state index in [0.29, 0.717) is 12.1 Å². The number of benzene rings is 2. The van der Waals surface area contributed by atoms with E-state index in [-0.39, 0.29) is 11.2 Å². The third-order valence-electron chi connectivity index (χ3n) is 4.19. The summed E-state index contributed by atoms with van der Waals surface area (Å²) in [7, 11) is 0. The second-order valence-electron chi connectivity index (χ2n) is 6.81. The predicted octanol–water partition coefficient (Wildman–Crippen LogP) is 4.80. The van der Waals surface area contributed by atoms with Crippen LogP contribution in [0.4, 0.5) is 4.39 Å². The van der Waals surface area contributed by atoms with Gasteiger partial charge in [0.25, 0.3) is 0 Å². The highest BCUT2D eigenvalue weighted by atomic mass is 19.1. The molecule has 2 nitrogen and oxygen atoms in total. The molecule has 3 aromatic rings. The van der Waals surface area contributed by atoms with Crippen LogP contribution < -0.4 is 5.73 Å². The minimum absolute atomic E-state index is 0.0358. The summed E-state index contributed by atoms with van der Waals surface area (Å²) < 4.78 is 14.2. The highest BCUT2D eigenvalue weighted by Gasteiger charge is 2.17. The Labute approximate surface area is 136 Å². The molecule has 0 spiro atoms. The normalized spacial score (nSPS) is 11.9. The Bertz CT molecular complexity index is 863. The van der Waals surface area contributed by atoms with Crippen molar-refractivity contribution >= 4 is 10.8 Å². The minimum Gasteiger partial charge on any atom is -0.325 e. The molecule has 0 unspecified atom stereocenters. The molecule has 0 bridgehead atoms. The zero-order valence-electron chi connectivity index (χ0n) is 13.7. The molecule has 3 heteroatoms. The molecule has 0 radical (unpaired) electrons. The topological polar surface area (TPSA) is 38.9 Å². The standard InChI is InChI=1S/C20H21FN2/c1-20(2,3)13-8-9-14-16(10-13)19(11-22)23-12-17(14)15-6-4-5-7-18(15)21/h4-10,12H,11,22H2,1-3H3. The fourth-order valence-electron chi connectivity index (χ4n) is 2.82. The van der Waals surface area contributed by atoms with Crippen molar-refractivity contribution in [3.63, 3.8) is 0 Å². The van der Waals surface area contributed by atoms with Gasteiger partial charge in [-0.2, -0.15) is 0 Å². The Morgan fingerprint density at radius 2 is 1.74 bits per heavy atom. The van der Waals surface area contributed by atoms with Crippen molar-refractivity contribution in [2.45, 2.75) is 32.7 Å². The van der Waals surface area contributed by atoms with Gasteiger partial charge >= 0.3 is 0 Å². The Morgan fingerprint density at radius 3 is 2.39 bits per heavy atom. The molecular weight excluding hydrogens is 287 g/mol. The predicted molar refractivity (Wildman–Crippen MR) is 93.7 cm³/mol. The van der Waals surface area contributed by atoms with Gasteiger partial charge < -0.3 is 5.73 Å². The van der Waals surface area contributed by atoms with E-state index in [1.54, 1.807) is 18.3 Å². The van der Waals surface area contributed by atoms with Crippen molar-refractivity contribution in [1.29, 1.82) is 0 Å². The number of halogens is 1. The lowest BCUT2D eigenvalue weighted by molar-refractivity contribution is 0.591. The average molecular weight is 308 g/mol. The van der Waals surface area contributed by atoms with Gasteiger partial charge in [0.1, 0.15) is 5.82 Å². The zero-order valence-corrected chi connectivity index (χ0v) is 13.7. The zero-order chi connectivity index (χ0) is 16.6. The number of fused-ring (bicyclic) bond motifs is 1. The number of pyridine rings is 1. The molecule has 0 amide bonds. The first-order valence-corrected chi connectivity index (χ1v) is 7.79. The van der Waals surface area contributed by atoms with Gasteiger partial charge in [-0.15, -0.1) is 0 Å². The Morgan fingerprint density at radius 1 is 1.00 bits per heavy atom. The van der Waals surface area contributed by atoms with Crippen molar-refractivity contribution in [1.82, 2.24) is 4.98 Å². The number of hydrogen-bond donors (Lipinski definition) is 1. The molecule has 0 atom stereocenters. The third kappa shape index (κ3) is 2.84. The molecule has 2 aromatic carbocycles. The Balaban J connectivity index is 2.32. The maximum Gasteiger partial charge on any atom is 0.131 e. The summed E-state index contributed by atoms with van der Waals surface area (Å²) >= 11 is 0. The monoisotopic (exact) mass is 308 g/mol. The van der Waals surface area contributed by atoms with E-state index in [4.69, 9.17) is 5.73 Å². The number of hydrogen-bond acceptors (Lipinski definition) is 2. The summed E-state index contributed by atoms with van der Waals surface area (Å²) in [6, 6.07) is 13.1. The smallest absolute Gasteiger partial charge is 0.131 e. The summed E-state index contributed by atoms with van der Waals surface area (Å²) in [5.74, 6) is -0.240. The summed E-state index contributed by atoms with van der Waals surface area (Å²) in [5, 5.41) is 1.99. The van der Waals surface area contributed by atoms with Crippen molar-refractivity contribution < 1.29 is 4.39 Å². The average Bonchev–Trinajstić information content (AvgIpc) is 2.53. The molecule has 0 aliphatic heterocycles. The van der Waals surface area contributed by atoms with Crippen molar-refractivity contribution in [3.05, 3.63) is 65.7 Å². The molecule has 0 saturated heterocycles. The molecule has 0 aliphatic rings. The highest BCUT2D eigenvalue weighted by Crippen LogP contribution is 2.34. The van der Waals surface area contributed by atoms with Crippen LogP contribution in [0, 0.1) is 5.82 Å². The summed E-state index contributed by atoms with van der Waals surface area (Å²) in [5.41, 5.74) is 9.32. The van der Waals surface area contributed by atoms with E-state index in [2.05, 4.69) is 44.0 Å². The van der Waals surface area contributed by atoms with E-state index < -0.39 is 0 Å². The molecule has 2 N–H and O–H groups in total. The maximum atomic E-state index is 14.2. The van der Waals surface area contributed by atoms with Gasteiger partial charge in [0.05, 0.1) is 5.69 Å². The van der Waals surface area contributed by atoms with Crippen LogP contribution in [-0.2, 0) is 12.0 Å². The van der Waals surface area contributed by atoms with Crippen LogP contribution in [0.5, 0.6) is 0 Å². The second kappa shape index (κ2) is 5.74. The first-order chi connectivity index (χ1) is 10.9. The van der Waals surface area contributed by atoms with Gasteiger partial charge in [-0.25, -0.2) is 4.39 Å². The van der Waals surface area contributed by atoms with E-state index in [0.717, 1.165) is 22.0 Å². The van der Waals surface area contributed by atoms with Gasteiger partial charge in [0, 0.05) is 29.3 Å². The quantitative estimate of drug-likeness (QED) is 0.738. The van der Waals surface area contributed by atoms with Gasteiger partial charge in [-0.3, -0.25) is 4.98 Å². The molecule has 0 fully saturated rings. The van der Waals surface area contributed by atoms with Gasteiger partial charge in [-0.05, 0) is 28.5 Å². The van der Waals surface area contributed by atoms with Crippen molar-refractivity contribution in [3.8, 4) is 11.1 Å². The van der Waals surface area contributed by atoms with E-state index in [1.165, 1.54) is 11.6 Å². The summed E-state index contributed by atoms with van der Waals surface area (Å²) in [4.78, 5) is 4.47. The number of nitrogens with two attached hydrogens (primary N) is 1. The van der Waals surface area contributed by atoms with Gasteiger partial charge in [0.15, 0.2) is 0 Å². The summed E-state index contributed by atoms with van der Waals surface area (Å²) in [6.07, 6.45) is 1.72. The van der Waals surface area contributed by atoms with E-state index in [9.17, 15) is 4.39 Å². The van der Waals surface area contributed by atoms with E-state index in [1.807, 2.05) is 6.07 Å². The number of rotatable bonds is 2. The van der Waals surface area contributed by atoms with Crippen LogP contribution in [0.3, 0.4) is 0 Å². The largest absolute Gasteiger partial charge is 0.325 e. The molecule has 23 heavy (non-hydrogen) atoms. The molecule has 118 valence electrons. The van der Waals surface area contributed by atoms with Crippen LogP contribution in [0.15, 0.2) is 48.7 Å². The Hall–Kier alpha value is -2.26. The molecule has 0 saturated carbocycles. The fourth-order valence-corrected chi connectivity index (χ4v) is 2.82. The third-order valence-corrected chi connectivity index (χ3v) is 4.19. The second-order valence-corrected chi connectivity index (χ2v) is 6.81. The van der Waals surface area contributed by atoms with Gasteiger partial charge in [0.2, 0.25) is 0 Å². The lowest BCUT2D eigenvalue weighted by Gasteiger charge is -2.20. The fraction of sp³-hybridized carbons (Fsp3) is 0.250. The SMILES string of the molecule is CC(C)(C)c1ccc2c(-c3ccccc3F)cnc(CN)c2c1. The molecule has 0 aliphatic carbocycles. The molecular formula is C20H21FN2. The number of aromatic nitrogens is 1. The van der Waals surface area contributed by atoms with Crippen molar-refractivity contribution in [2.75, 3.05) is 0 Å². The van der Waals surface area contributed by atoms with Crippen LogP contribution in [0.2, 0.25) is 0 Å². The number of nitrogens with zero attached hydrogens (tertiary/aromatic N) is 1. The lowest BCUT2D eigenvalue weighted by atomic mass is 9.85. The lowest BCUT2D eigenvalue weighted by Crippen LogP contribution is -2.11. The van der Waals surface area contributed by atoms with Crippen LogP contribution in [-0.4, -0.2) is 4.98 Å². The van der Waals surface area contributed by atoms with Gasteiger partial charge in [-0.1, -0.05) is 51.1 Å². The van der Waals surface area contributed by atoms with E-state index >= 15 is 0 Å². The maximum absolute atomic E-state index is 14.2. The minimum atomic E-state index is -0.240. The Kier molecular flexibility index (Phi) is 3.90. The molecule has 1 aromatic heterocycles. The first-order valence-electron chi connectivity index (χ1n) is 7.79. The van der Waals surface area contributed by atoms with Crippen molar-refractivity contribution in [2.24, 2.45) is 5.73 Å². The highest BCUT2D eigenvalue weighted by molar-refractivity contribution is 5.98. The molecule has 1 heterocycles. The van der Waals surface area contributed by atoms with Crippen LogP contribution in [0.25, 0.3) is 21.9 Å². The van der Waals surface area contributed by atoms with Crippen LogP contribution >= 0.6 is 0 Å². The first kappa shape index (κ1) is 15.6.